The van der Waals surface area contributed by atoms with E-state index in [0.717, 1.165) is 32.8 Å². The van der Waals surface area contributed by atoms with E-state index in [2.05, 4.69) is 43.8 Å². The van der Waals surface area contributed by atoms with E-state index < -0.39 is 5.79 Å². The number of thioether (sulfide) groups is 1. The largest absolute Gasteiger partial charge is 0.347 e. The Morgan fingerprint density at radius 2 is 1.92 bits per heavy atom. The number of carbonyl (C=O) groups excluding carboxylic acids is 1. The van der Waals surface area contributed by atoms with Gasteiger partial charge in [0.1, 0.15) is 10.7 Å². The SMILES string of the molecule is Cc1ccccc1-n1c(SCc2nc(C(=O)N3CCC4(CC3)OCCO4)cs2)nnc1-c1cccnc1. The van der Waals surface area contributed by atoms with Crippen molar-refractivity contribution in [3.05, 3.63) is 70.4 Å². The van der Waals surface area contributed by atoms with Gasteiger partial charge >= 0.3 is 0 Å². The summed E-state index contributed by atoms with van der Waals surface area (Å²) < 4.78 is 13.6. The molecule has 0 aliphatic carbocycles. The topological polar surface area (TPSA) is 95.3 Å². The summed E-state index contributed by atoms with van der Waals surface area (Å²) in [6.07, 6.45) is 4.92. The zero-order valence-electron chi connectivity index (χ0n) is 20.4. The summed E-state index contributed by atoms with van der Waals surface area (Å²) in [5.74, 6) is 0.780. The molecule has 9 nitrogen and oxygen atoms in total. The molecule has 190 valence electrons. The van der Waals surface area contributed by atoms with Crippen molar-refractivity contribution < 1.29 is 14.3 Å². The van der Waals surface area contributed by atoms with Crippen LogP contribution >= 0.6 is 23.1 Å². The van der Waals surface area contributed by atoms with E-state index in [1.165, 1.54) is 11.3 Å². The third-order valence-corrected chi connectivity index (χ3v) is 8.60. The third-order valence-electron chi connectivity index (χ3n) is 6.63. The van der Waals surface area contributed by atoms with E-state index in [1.54, 1.807) is 24.2 Å². The van der Waals surface area contributed by atoms with Gasteiger partial charge in [-0.25, -0.2) is 4.98 Å². The summed E-state index contributed by atoms with van der Waals surface area (Å²) in [4.78, 5) is 23.8. The van der Waals surface area contributed by atoms with Crippen LogP contribution in [0.5, 0.6) is 0 Å². The number of piperidine rings is 1. The van der Waals surface area contributed by atoms with Gasteiger partial charge in [0.15, 0.2) is 16.8 Å². The minimum absolute atomic E-state index is 0.0395. The van der Waals surface area contributed by atoms with Crippen LogP contribution in [0.25, 0.3) is 17.1 Å². The highest BCUT2D eigenvalue weighted by molar-refractivity contribution is 7.98. The van der Waals surface area contributed by atoms with Crippen LogP contribution in [0.2, 0.25) is 0 Å². The zero-order valence-corrected chi connectivity index (χ0v) is 22.0. The van der Waals surface area contributed by atoms with Crippen molar-refractivity contribution in [2.45, 2.75) is 36.5 Å². The Kier molecular flexibility index (Phi) is 6.76. The number of benzene rings is 1. The number of amides is 1. The van der Waals surface area contributed by atoms with Crippen LogP contribution in [-0.2, 0) is 15.2 Å². The maximum Gasteiger partial charge on any atom is 0.273 e. The van der Waals surface area contributed by atoms with Crippen molar-refractivity contribution in [2.24, 2.45) is 0 Å². The molecule has 4 aromatic rings. The smallest absolute Gasteiger partial charge is 0.273 e. The Morgan fingerprint density at radius 3 is 2.68 bits per heavy atom. The second-order valence-corrected chi connectivity index (χ2v) is 10.9. The number of rotatable bonds is 6. The standard InChI is InChI=1S/C26H26N6O3S2/c1-18-5-2-3-7-21(18)32-23(19-6-4-10-27-15-19)29-30-25(32)37-17-22-28-20(16-36-22)24(33)31-11-8-26(9-12-31)34-13-14-35-26/h2-7,10,15-16H,8-9,11-14,17H2,1H3. The lowest BCUT2D eigenvalue weighted by Gasteiger charge is -2.37. The number of thiazole rings is 1. The lowest BCUT2D eigenvalue weighted by molar-refractivity contribution is -0.181. The molecular formula is C26H26N6O3S2. The monoisotopic (exact) mass is 534 g/mol. The minimum atomic E-state index is -0.498. The molecule has 2 fully saturated rings. The Morgan fingerprint density at radius 1 is 1.11 bits per heavy atom. The molecule has 1 spiro atoms. The molecule has 5 heterocycles. The molecule has 6 rings (SSSR count). The van der Waals surface area contributed by atoms with Crippen LogP contribution in [-0.4, -0.2) is 67.6 Å². The van der Waals surface area contributed by atoms with Gasteiger partial charge in [0.25, 0.3) is 5.91 Å². The van der Waals surface area contributed by atoms with Gasteiger partial charge in [0.05, 0.1) is 24.7 Å². The fourth-order valence-electron chi connectivity index (χ4n) is 4.68. The van der Waals surface area contributed by atoms with Gasteiger partial charge in [-0.15, -0.1) is 21.5 Å². The van der Waals surface area contributed by atoms with Gasteiger partial charge in [-0.3, -0.25) is 14.3 Å². The van der Waals surface area contributed by atoms with E-state index in [9.17, 15) is 4.79 Å². The zero-order chi connectivity index (χ0) is 25.2. The van der Waals surface area contributed by atoms with Crippen molar-refractivity contribution in [3.63, 3.8) is 0 Å². The van der Waals surface area contributed by atoms with Crippen molar-refractivity contribution >= 4 is 29.0 Å². The maximum absolute atomic E-state index is 13.1. The second kappa shape index (κ2) is 10.3. The van der Waals surface area contributed by atoms with Crippen LogP contribution in [0, 0.1) is 6.92 Å². The molecule has 1 aromatic carbocycles. The highest BCUT2D eigenvalue weighted by Gasteiger charge is 2.41. The molecule has 0 atom stereocenters. The van der Waals surface area contributed by atoms with Crippen LogP contribution in [0.4, 0.5) is 0 Å². The molecule has 2 saturated heterocycles. The summed E-state index contributed by atoms with van der Waals surface area (Å²) in [5, 5.41) is 12.5. The van der Waals surface area contributed by atoms with E-state index in [4.69, 9.17) is 9.47 Å². The van der Waals surface area contributed by atoms with Crippen molar-refractivity contribution in [2.75, 3.05) is 26.3 Å². The van der Waals surface area contributed by atoms with Crippen LogP contribution in [0.3, 0.4) is 0 Å². The molecule has 3 aromatic heterocycles. The molecule has 1 amide bonds. The van der Waals surface area contributed by atoms with Crippen molar-refractivity contribution in [1.82, 2.24) is 29.6 Å². The molecule has 0 radical (unpaired) electrons. The quantitative estimate of drug-likeness (QED) is 0.337. The van der Waals surface area contributed by atoms with E-state index >= 15 is 0 Å². The Bertz CT molecular complexity index is 1390. The molecule has 11 heteroatoms. The van der Waals surface area contributed by atoms with Gasteiger partial charge in [0, 0.05) is 49.3 Å². The second-order valence-electron chi connectivity index (χ2n) is 8.98. The number of carbonyl (C=O) groups is 1. The summed E-state index contributed by atoms with van der Waals surface area (Å²) in [7, 11) is 0. The van der Waals surface area contributed by atoms with Gasteiger partial charge in [-0.2, -0.15) is 0 Å². The maximum atomic E-state index is 13.1. The minimum Gasteiger partial charge on any atom is -0.347 e. The van der Waals surface area contributed by atoms with Gasteiger partial charge < -0.3 is 14.4 Å². The average molecular weight is 535 g/mol. The first-order valence-corrected chi connectivity index (χ1v) is 14.0. The number of pyridine rings is 1. The summed E-state index contributed by atoms with van der Waals surface area (Å²) in [5.41, 5.74) is 3.51. The molecule has 0 unspecified atom stereocenters. The number of para-hydroxylation sites is 1. The van der Waals surface area contributed by atoms with Crippen molar-refractivity contribution in [3.8, 4) is 17.1 Å². The first kappa shape index (κ1) is 24.2. The van der Waals surface area contributed by atoms with Crippen LogP contribution in [0.15, 0.2) is 59.3 Å². The summed E-state index contributed by atoms with van der Waals surface area (Å²) >= 11 is 3.04. The molecule has 0 bridgehead atoms. The number of hydrogen-bond donors (Lipinski definition) is 0. The third kappa shape index (κ3) is 4.91. The predicted octanol–water partition coefficient (Wildman–Crippen LogP) is 4.37. The lowest BCUT2D eigenvalue weighted by Crippen LogP contribution is -2.47. The summed E-state index contributed by atoms with van der Waals surface area (Å²) in [6.45, 7) is 4.54. The normalized spacial score (nSPS) is 16.9. The number of aromatic nitrogens is 5. The van der Waals surface area contributed by atoms with Crippen molar-refractivity contribution in [1.29, 1.82) is 0 Å². The van der Waals surface area contributed by atoms with Gasteiger partial charge in [-0.1, -0.05) is 30.0 Å². The Labute approximate surface area is 222 Å². The van der Waals surface area contributed by atoms with Crippen LogP contribution in [0.1, 0.15) is 33.9 Å². The fourth-order valence-corrected chi connectivity index (χ4v) is 6.41. The number of nitrogens with zero attached hydrogens (tertiary/aromatic N) is 6. The fraction of sp³-hybridized carbons (Fsp3) is 0.346. The number of likely N-dealkylation sites (tertiary alicyclic amines) is 1. The first-order chi connectivity index (χ1) is 18.1. The highest BCUT2D eigenvalue weighted by atomic mass is 32.2. The predicted molar refractivity (Wildman–Crippen MR) is 141 cm³/mol. The van der Waals surface area contributed by atoms with Gasteiger partial charge in [0.2, 0.25) is 0 Å². The number of ether oxygens (including phenoxy) is 2. The van der Waals surface area contributed by atoms with E-state index in [0.29, 0.717) is 50.6 Å². The molecule has 0 N–H and O–H groups in total. The molecule has 0 saturated carbocycles. The number of hydrogen-bond acceptors (Lipinski definition) is 9. The van der Waals surface area contributed by atoms with Crippen LogP contribution < -0.4 is 0 Å². The Hall–Kier alpha value is -3.12. The lowest BCUT2D eigenvalue weighted by atomic mass is 10.0. The van der Waals surface area contributed by atoms with E-state index in [-0.39, 0.29) is 5.91 Å². The average Bonchev–Trinajstić information content (AvgIpc) is 3.69. The van der Waals surface area contributed by atoms with E-state index in [1.807, 2.05) is 34.5 Å². The summed E-state index contributed by atoms with van der Waals surface area (Å²) in [6, 6.07) is 12.0. The molecule has 37 heavy (non-hydrogen) atoms. The van der Waals surface area contributed by atoms with Gasteiger partial charge in [-0.05, 0) is 30.7 Å². The molecule has 2 aliphatic rings. The highest BCUT2D eigenvalue weighted by Crippen LogP contribution is 2.33. The Balaban J connectivity index is 1.18. The molecular weight excluding hydrogens is 508 g/mol. The first-order valence-electron chi connectivity index (χ1n) is 12.2. The number of aryl methyl sites for hydroxylation is 1. The molecule has 2 aliphatic heterocycles.